The van der Waals surface area contributed by atoms with E-state index in [1.54, 1.807) is 18.6 Å². The van der Waals surface area contributed by atoms with Crippen LogP contribution >= 0.6 is 11.3 Å². The highest BCUT2D eigenvalue weighted by atomic mass is 32.1. The van der Waals surface area contributed by atoms with Crippen molar-refractivity contribution in [2.45, 2.75) is 52.1 Å². The molecule has 1 aliphatic heterocycles. The predicted molar refractivity (Wildman–Crippen MR) is 128 cm³/mol. The van der Waals surface area contributed by atoms with Crippen molar-refractivity contribution in [3.8, 4) is 10.6 Å². The summed E-state index contributed by atoms with van der Waals surface area (Å²) in [6.45, 7) is 8.54. The zero-order chi connectivity index (χ0) is 22.9. The molecule has 4 aromatic rings. The Labute approximate surface area is 196 Å². The van der Waals surface area contributed by atoms with Gasteiger partial charge in [-0.25, -0.2) is 0 Å². The molecule has 0 spiro atoms. The minimum absolute atomic E-state index is 0.0246. The molecule has 4 aromatic heterocycles. The smallest absolute Gasteiger partial charge is 0.171 e. The van der Waals surface area contributed by atoms with E-state index in [2.05, 4.69) is 44.0 Å². The highest BCUT2D eigenvalue weighted by Gasteiger charge is 2.23. The molecule has 0 radical (unpaired) electrons. The van der Waals surface area contributed by atoms with Crippen LogP contribution in [0.2, 0.25) is 0 Å². The fourth-order valence-corrected chi connectivity index (χ4v) is 4.99. The van der Waals surface area contributed by atoms with Crippen LogP contribution in [0.5, 0.6) is 0 Å². The molecule has 8 nitrogen and oxygen atoms in total. The van der Waals surface area contributed by atoms with Crippen LogP contribution in [0.4, 0.5) is 0 Å². The van der Waals surface area contributed by atoms with Crippen molar-refractivity contribution in [2.24, 2.45) is 0 Å². The molecule has 0 atom stereocenters. The van der Waals surface area contributed by atoms with E-state index in [-0.39, 0.29) is 12.2 Å². The quantitative estimate of drug-likeness (QED) is 0.399. The average Bonchev–Trinajstić information content (AvgIpc) is 3.48. The Morgan fingerprint density at radius 1 is 1.12 bits per heavy atom. The van der Waals surface area contributed by atoms with Gasteiger partial charge >= 0.3 is 0 Å². The van der Waals surface area contributed by atoms with E-state index < -0.39 is 0 Å². The monoisotopic (exact) mass is 461 g/mol. The van der Waals surface area contributed by atoms with Crippen molar-refractivity contribution in [2.75, 3.05) is 13.1 Å². The van der Waals surface area contributed by atoms with Gasteiger partial charge < -0.3 is 4.90 Å². The summed E-state index contributed by atoms with van der Waals surface area (Å²) >= 11 is 1.53. The maximum Gasteiger partial charge on any atom is 0.171 e. The minimum atomic E-state index is 0.0246. The van der Waals surface area contributed by atoms with Gasteiger partial charge in [0.25, 0.3) is 0 Å². The van der Waals surface area contributed by atoms with Crippen molar-refractivity contribution in [1.82, 2.24) is 34.8 Å². The highest BCUT2D eigenvalue weighted by molar-refractivity contribution is 7.14. The van der Waals surface area contributed by atoms with Crippen molar-refractivity contribution >= 4 is 28.0 Å². The third-order valence-corrected chi connectivity index (χ3v) is 7.15. The van der Waals surface area contributed by atoms with Gasteiger partial charge in [0.15, 0.2) is 5.78 Å². The number of nitrogens with zero attached hydrogens (tertiary/aromatic N) is 7. The summed E-state index contributed by atoms with van der Waals surface area (Å²) in [6.07, 6.45) is 9.45. The SMILES string of the molecule is Cc1nnc(-c2cnc3cnc(CC(=O)c4cnn(C5CCN(C(C)C)CC5)c4)cc3c2)s1. The van der Waals surface area contributed by atoms with Gasteiger partial charge in [-0.15, -0.1) is 10.2 Å². The van der Waals surface area contributed by atoms with E-state index in [1.165, 1.54) is 11.3 Å². The van der Waals surface area contributed by atoms with Crippen molar-refractivity contribution < 1.29 is 4.79 Å². The standard InChI is InChI=1S/C24H27N7OS/c1-15(2)30-6-4-21(5-7-30)31-14-19(12-27-31)23(32)10-20-9-17-8-18(11-26-22(17)13-25-20)24-29-28-16(3)33-24/h8-9,11-15,21H,4-7,10H2,1-3H3. The molecule has 5 rings (SSSR count). The first-order valence-electron chi connectivity index (χ1n) is 11.3. The lowest BCUT2D eigenvalue weighted by molar-refractivity contribution is 0.0991. The zero-order valence-electron chi connectivity index (χ0n) is 19.1. The summed E-state index contributed by atoms with van der Waals surface area (Å²) in [6, 6.07) is 4.89. The van der Waals surface area contributed by atoms with Gasteiger partial charge in [-0.2, -0.15) is 5.10 Å². The lowest BCUT2D eigenvalue weighted by atomic mass is 10.0. The highest BCUT2D eigenvalue weighted by Crippen LogP contribution is 2.26. The third-order valence-electron chi connectivity index (χ3n) is 6.27. The van der Waals surface area contributed by atoms with E-state index in [1.807, 2.05) is 29.9 Å². The lowest BCUT2D eigenvalue weighted by Gasteiger charge is -2.34. The van der Waals surface area contributed by atoms with Crippen molar-refractivity contribution in [3.05, 3.63) is 53.2 Å². The minimum Gasteiger partial charge on any atom is -0.301 e. The fraction of sp³-hybridized carbons (Fsp3) is 0.417. The van der Waals surface area contributed by atoms with Crippen LogP contribution in [0.3, 0.4) is 0 Å². The molecule has 0 aliphatic carbocycles. The largest absolute Gasteiger partial charge is 0.301 e. The number of carbonyl (C=O) groups is 1. The van der Waals surface area contributed by atoms with Gasteiger partial charge in [0.1, 0.15) is 10.0 Å². The summed E-state index contributed by atoms with van der Waals surface area (Å²) in [7, 11) is 0. The van der Waals surface area contributed by atoms with Crippen molar-refractivity contribution in [1.29, 1.82) is 0 Å². The van der Waals surface area contributed by atoms with E-state index in [9.17, 15) is 4.79 Å². The average molecular weight is 462 g/mol. The Bertz CT molecular complexity index is 1290. The summed E-state index contributed by atoms with van der Waals surface area (Å²) in [4.78, 5) is 24.4. The molecular formula is C24H27N7OS. The van der Waals surface area contributed by atoms with E-state index >= 15 is 0 Å². The number of aryl methyl sites for hydroxylation is 1. The Morgan fingerprint density at radius 3 is 2.67 bits per heavy atom. The number of pyridine rings is 2. The molecule has 0 bridgehead atoms. The van der Waals surface area contributed by atoms with Gasteiger partial charge in [0.05, 0.1) is 35.9 Å². The lowest BCUT2D eigenvalue weighted by Crippen LogP contribution is -2.39. The molecule has 1 aliphatic rings. The molecule has 33 heavy (non-hydrogen) atoms. The van der Waals surface area contributed by atoms with E-state index in [0.29, 0.717) is 17.6 Å². The number of aromatic nitrogens is 6. The molecule has 0 N–H and O–H groups in total. The molecular weight excluding hydrogens is 434 g/mol. The molecule has 0 saturated carbocycles. The zero-order valence-corrected chi connectivity index (χ0v) is 19.9. The second-order valence-corrected chi connectivity index (χ2v) is 10.1. The van der Waals surface area contributed by atoms with Crippen LogP contribution in [0.25, 0.3) is 21.5 Å². The normalized spacial score (nSPS) is 15.5. The Morgan fingerprint density at radius 2 is 1.94 bits per heavy atom. The van der Waals surface area contributed by atoms with Crippen LogP contribution in [0, 0.1) is 6.92 Å². The molecule has 9 heteroatoms. The predicted octanol–water partition coefficient (Wildman–Crippen LogP) is 4.12. The molecule has 0 aromatic carbocycles. The van der Waals surface area contributed by atoms with Crippen LogP contribution in [-0.2, 0) is 6.42 Å². The second kappa shape index (κ2) is 9.07. The number of carbonyl (C=O) groups excluding carboxylic acids is 1. The molecule has 5 heterocycles. The van der Waals surface area contributed by atoms with Gasteiger partial charge in [-0.3, -0.25) is 19.4 Å². The van der Waals surface area contributed by atoms with Gasteiger partial charge in [0.2, 0.25) is 0 Å². The molecule has 1 fully saturated rings. The molecule has 1 saturated heterocycles. The Balaban J connectivity index is 1.29. The first-order chi connectivity index (χ1) is 16.0. The van der Waals surface area contributed by atoms with Crippen molar-refractivity contribution in [3.63, 3.8) is 0 Å². The maximum atomic E-state index is 12.9. The first kappa shape index (κ1) is 21.8. The molecule has 170 valence electrons. The number of hydrogen-bond donors (Lipinski definition) is 0. The summed E-state index contributed by atoms with van der Waals surface area (Å²) in [5.41, 5.74) is 3.07. The summed E-state index contributed by atoms with van der Waals surface area (Å²) < 4.78 is 1.97. The number of ketones is 1. The number of hydrogen-bond acceptors (Lipinski definition) is 8. The maximum absolute atomic E-state index is 12.9. The van der Waals surface area contributed by atoms with Crippen LogP contribution in [0.15, 0.2) is 36.9 Å². The Hall–Kier alpha value is -3.04. The number of Topliss-reactive ketones (excluding diaryl/α,β-unsaturated/α-hetero) is 1. The number of rotatable bonds is 6. The summed E-state index contributed by atoms with van der Waals surface area (Å²) in [5, 5.41) is 15.5. The van der Waals surface area contributed by atoms with Gasteiger partial charge in [0, 0.05) is 48.2 Å². The molecule has 0 amide bonds. The third kappa shape index (κ3) is 4.69. The Kier molecular flexibility index (Phi) is 5.99. The van der Waals surface area contributed by atoms with Gasteiger partial charge in [-0.05, 0) is 45.7 Å². The summed E-state index contributed by atoms with van der Waals surface area (Å²) in [5.74, 6) is 0.0246. The van der Waals surface area contributed by atoms with E-state index in [0.717, 1.165) is 58.1 Å². The number of piperidine rings is 1. The molecule has 0 unspecified atom stereocenters. The number of fused-ring (bicyclic) bond motifs is 1. The van der Waals surface area contributed by atoms with Crippen LogP contribution < -0.4 is 0 Å². The fourth-order valence-electron chi connectivity index (χ4n) is 4.32. The van der Waals surface area contributed by atoms with Crippen LogP contribution in [0.1, 0.15) is 53.8 Å². The first-order valence-corrected chi connectivity index (χ1v) is 12.1. The second-order valence-electron chi connectivity index (χ2n) is 8.89. The topological polar surface area (TPSA) is 89.7 Å². The number of likely N-dealkylation sites (tertiary alicyclic amines) is 1. The van der Waals surface area contributed by atoms with Crippen LogP contribution in [-0.4, -0.2) is 59.8 Å². The van der Waals surface area contributed by atoms with Gasteiger partial charge in [-0.1, -0.05) is 11.3 Å². The van der Waals surface area contributed by atoms with E-state index in [4.69, 9.17) is 0 Å².